The summed E-state index contributed by atoms with van der Waals surface area (Å²) >= 11 is 1.54. The minimum Gasteiger partial charge on any atom is -0.497 e. The van der Waals surface area contributed by atoms with E-state index in [9.17, 15) is 14.0 Å². The summed E-state index contributed by atoms with van der Waals surface area (Å²) in [6.45, 7) is 2.07. The molecule has 1 aromatic heterocycles. The molecule has 2 heterocycles. The molecule has 222 valence electrons. The Balaban J connectivity index is 1.50. The Hall–Kier alpha value is -4.89. The first-order chi connectivity index (χ1) is 21.4. The standard InChI is InChI=1S/C35H31FN4O3S/c1-23-8-6-7-11-29(23)34-32-33(25-9-4-3-5-10-25)38-40(27-16-18-28(43-2)19-17-27)35(32)39(31(42)22-44-34)21-30(41)37-20-24-12-14-26(36)15-13-24/h3-19,34H,20-22H2,1-2H3,(H,37,41)/t34-/m1/s1. The summed E-state index contributed by atoms with van der Waals surface area (Å²) < 4.78 is 20.5. The zero-order chi connectivity index (χ0) is 30.6. The molecule has 0 unspecified atom stereocenters. The van der Waals surface area contributed by atoms with Gasteiger partial charge in [0.1, 0.15) is 23.9 Å². The molecule has 44 heavy (non-hydrogen) atoms. The van der Waals surface area contributed by atoms with Crippen molar-refractivity contribution < 1.29 is 18.7 Å². The molecule has 0 radical (unpaired) electrons. The van der Waals surface area contributed by atoms with Crippen LogP contribution in [0.15, 0.2) is 103 Å². The summed E-state index contributed by atoms with van der Waals surface area (Å²) in [7, 11) is 1.61. The molecule has 1 atom stereocenters. The summed E-state index contributed by atoms with van der Waals surface area (Å²) in [5.74, 6) is 0.543. The van der Waals surface area contributed by atoms with Crippen molar-refractivity contribution in [1.82, 2.24) is 15.1 Å². The van der Waals surface area contributed by atoms with Crippen molar-refractivity contribution in [3.05, 3.63) is 131 Å². The summed E-state index contributed by atoms with van der Waals surface area (Å²) in [6.07, 6.45) is 0. The third-order valence-electron chi connectivity index (χ3n) is 7.63. The largest absolute Gasteiger partial charge is 0.497 e. The van der Waals surface area contributed by atoms with Gasteiger partial charge >= 0.3 is 0 Å². The number of carbonyl (C=O) groups is 2. The number of hydrogen-bond donors (Lipinski definition) is 1. The van der Waals surface area contributed by atoms with Crippen LogP contribution in [-0.4, -0.2) is 41.0 Å². The van der Waals surface area contributed by atoms with Crippen molar-refractivity contribution in [2.24, 2.45) is 0 Å². The summed E-state index contributed by atoms with van der Waals surface area (Å²) in [5, 5.41) is 7.81. The van der Waals surface area contributed by atoms with Crippen molar-refractivity contribution in [3.63, 3.8) is 0 Å². The third kappa shape index (κ3) is 5.96. The zero-order valence-corrected chi connectivity index (χ0v) is 25.2. The first kappa shape index (κ1) is 29.2. The number of rotatable bonds is 8. The van der Waals surface area contributed by atoms with Crippen LogP contribution >= 0.6 is 11.8 Å². The molecule has 0 bridgehead atoms. The Bertz CT molecular complexity index is 1790. The Labute approximate surface area is 259 Å². The first-order valence-corrected chi connectivity index (χ1v) is 15.3. The van der Waals surface area contributed by atoms with Crippen LogP contribution in [0.5, 0.6) is 5.75 Å². The van der Waals surface area contributed by atoms with Gasteiger partial charge in [0.25, 0.3) is 0 Å². The van der Waals surface area contributed by atoms with Gasteiger partial charge in [-0.3, -0.25) is 14.5 Å². The van der Waals surface area contributed by atoms with Crippen molar-refractivity contribution in [3.8, 4) is 22.7 Å². The normalized spacial score (nSPS) is 14.6. The van der Waals surface area contributed by atoms with Gasteiger partial charge in [0.2, 0.25) is 11.8 Å². The molecule has 4 aromatic carbocycles. The highest BCUT2D eigenvalue weighted by Gasteiger charge is 2.38. The van der Waals surface area contributed by atoms with E-state index in [0.29, 0.717) is 11.6 Å². The van der Waals surface area contributed by atoms with E-state index in [1.165, 1.54) is 23.9 Å². The molecule has 6 rings (SSSR count). The molecule has 2 amide bonds. The molecule has 0 spiro atoms. The fourth-order valence-corrected chi connectivity index (χ4v) is 6.65. The molecule has 0 saturated heterocycles. The lowest BCUT2D eigenvalue weighted by atomic mass is 9.97. The van der Waals surface area contributed by atoms with Crippen molar-refractivity contribution in [2.75, 3.05) is 24.3 Å². The van der Waals surface area contributed by atoms with Gasteiger partial charge in [-0.2, -0.15) is 5.10 Å². The average molecular weight is 607 g/mol. The molecule has 5 aromatic rings. The van der Waals surface area contributed by atoms with Gasteiger partial charge in [-0.15, -0.1) is 11.8 Å². The molecule has 0 saturated carbocycles. The topological polar surface area (TPSA) is 76.5 Å². The number of ether oxygens (including phenoxy) is 1. The molecule has 1 N–H and O–H groups in total. The van der Waals surface area contributed by atoms with Crippen LogP contribution in [0, 0.1) is 12.7 Å². The highest BCUT2D eigenvalue weighted by molar-refractivity contribution is 8.00. The third-order valence-corrected chi connectivity index (χ3v) is 8.87. The van der Waals surface area contributed by atoms with Gasteiger partial charge in [-0.25, -0.2) is 9.07 Å². The van der Waals surface area contributed by atoms with Gasteiger partial charge in [0.15, 0.2) is 0 Å². The number of anilines is 1. The van der Waals surface area contributed by atoms with E-state index in [-0.39, 0.29) is 41.7 Å². The Kier molecular flexibility index (Phi) is 8.47. The number of fused-ring (bicyclic) bond motifs is 1. The lowest BCUT2D eigenvalue weighted by Gasteiger charge is -2.23. The summed E-state index contributed by atoms with van der Waals surface area (Å²) in [4.78, 5) is 28.9. The van der Waals surface area contributed by atoms with Gasteiger partial charge in [-0.05, 0) is 60.0 Å². The Morgan fingerprint density at radius 2 is 1.68 bits per heavy atom. The maximum Gasteiger partial charge on any atom is 0.240 e. The first-order valence-electron chi connectivity index (χ1n) is 14.2. The number of thioether (sulfide) groups is 1. The van der Waals surface area contributed by atoms with Crippen LogP contribution in [0.25, 0.3) is 16.9 Å². The van der Waals surface area contributed by atoms with Crippen LogP contribution < -0.4 is 15.0 Å². The lowest BCUT2D eigenvalue weighted by Crippen LogP contribution is -2.42. The Morgan fingerprint density at radius 3 is 2.39 bits per heavy atom. The molecule has 9 heteroatoms. The number of benzene rings is 4. The number of hydrogen-bond acceptors (Lipinski definition) is 5. The molecule has 1 aliphatic rings. The van der Waals surface area contributed by atoms with Gasteiger partial charge in [-0.1, -0.05) is 66.7 Å². The highest BCUT2D eigenvalue weighted by Crippen LogP contribution is 2.49. The fraction of sp³-hybridized carbons (Fsp3) is 0.171. The molecular weight excluding hydrogens is 575 g/mol. The van der Waals surface area contributed by atoms with Crippen LogP contribution in [-0.2, 0) is 16.1 Å². The van der Waals surface area contributed by atoms with Gasteiger partial charge < -0.3 is 10.1 Å². The molecule has 7 nitrogen and oxygen atoms in total. The molecular formula is C35H31FN4O3S. The summed E-state index contributed by atoms with van der Waals surface area (Å²) in [6, 6.07) is 31.5. The minimum absolute atomic E-state index is 0.176. The van der Waals surface area contributed by atoms with E-state index < -0.39 is 0 Å². The number of halogens is 1. The number of methoxy groups -OCH3 is 1. The van der Waals surface area contributed by atoms with E-state index in [2.05, 4.69) is 24.4 Å². The van der Waals surface area contributed by atoms with E-state index >= 15 is 0 Å². The number of carbonyl (C=O) groups excluding carboxylic acids is 2. The Morgan fingerprint density at radius 1 is 0.977 bits per heavy atom. The average Bonchev–Trinajstić information content (AvgIpc) is 3.38. The second-order valence-electron chi connectivity index (χ2n) is 10.5. The molecule has 0 aliphatic carbocycles. The molecule has 0 fully saturated rings. The van der Waals surface area contributed by atoms with Crippen molar-refractivity contribution in [1.29, 1.82) is 0 Å². The highest BCUT2D eigenvalue weighted by atomic mass is 32.2. The van der Waals surface area contributed by atoms with E-state index in [4.69, 9.17) is 9.84 Å². The number of nitrogens with one attached hydrogen (secondary N) is 1. The zero-order valence-electron chi connectivity index (χ0n) is 24.4. The van der Waals surface area contributed by atoms with Crippen LogP contribution in [0.1, 0.15) is 27.5 Å². The van der Waals surface area contributed by atoms with E-state index in [1.54, 1.807) is 28.8 Å². The van der Waals surface area contributed by atoms with E-state index in [1.807, 2.05) is 66.7 Å². The number of aromatic nitrogens is 2. The summed E-state index contributed by atoms with van der Waals surface area (Å²) in [5.41, 5.74) is 6.18. The van der Waals surface area contributed by atoms with Gasteiger partial charge in [0.05, 0.1) is 29.5 Å². The van der Waals surface area contributed by atoms with Gasteiger partial charge in [0, 0.05) is 17.7 Å². The maximum atomic E-state index is 13.9. The van der Waals surface area contributed by atoms with Crippen LogP contribution in [0.3, 0.4) is 0 Å². The molecule has 1 aliphatic heterocycles. The predicted octanol–water partition coefficient (Wildman–Crippen LogP) is 6.48. The fourth-order valence-electron chi connectivity index (χ4n) is 5.36. The van der Waals surface area contributed by atoms with Crippen LogP contribution in [0.4, 0.5) is 10.2 Å². The SMILES string of the molecule is COc1ccc(-n2nc(-c3ccccc3)c3c2N(CC(=O)NCc2ccc(F)cc2)C(=O)CS[C@@H]3c2ccccc2C)cc1. The van der Waals surface area contributed by atoms with E-state index in [0.717, 1.165) is 39.2 Å². The second-order valence-corrected chi connectivity index (χ2v) is 11.6. The minimum atomic E-state index is -0.343. The number of aryl methyl sites for hydroxylation is 1. The second kappa shape index (κ2) is 12.8. The lowest BCUT2D eigenvalue weighted by molar-refractivity contribution is -0.123. The monoisotopic (exact) mass is 606 g/mol. The number of amides is 2. The smallest absolute Gasteiger partial charge is 0.240 e. The van der Waals surface area contributed by atoms with Crippen molar-refractivity contribution in [2.45, 2.75) is 18.7 Å². The maximum absolute atomic E-state index is 13.9. The number of nitrogens with zero attached hydrogens (tertiary/aromatic N) is 3. The predicted molar refractivity (Wildman–Crippen MR) is 172 cm³/mol. The van der Waals surface area contributed by atoms with Crippen LogP contribution in [0.2, 0.25) is 0 Å². The quantitative estimate of drug-likeness (QED) is 0.219. The van der Waals surface area contributed by atoms with Crippen molar-refractivity contribution >= 4 is 29.4 Å².